The second kappa shape index (κ2) is 6.70. The van der Waals surface area contributed by atoms with E-state index in [0.29, 0.717) is 17.3 Å². The van der Waals surface area contributed by atoms with E-state index in [9.17, 15) is 4.79 Å². The van der Waals surface area contributed by atoms with Gasteiger partial charge in [-0.25, -0.2) is 4.98 Å². The summed E-state index contributed by atoms with van der Waals surface area (Å²) in [6.45, 7) is 4.07. The van der Waals surface area contributed by atoms with Crippen LogP contribution in [0.2, 0.25) is 0 Å². The lowest BCUT2D eigenvalue weighted by atomic mass is 10.1. The van der Waals surface area contributed by atoms with Crippen LogP contribution in [0.25, 0.3) is 11.4 Å². The van der Waals surface area contributed by atoms with Gasteiger partial charge in [-0.3, -0.25) is 9.48 Å². The molecule has 0 radical (unpaired) electrons. The highest BCUT2D eigenvalue weighted by Crippen LogP contribution is 2.21. The first-order chi connectivity index (χ1) is 11.6. The maximum absolute atomic E-state index is 12.4. The van der Waals surface area contributed by atoms with Gasteiger partial charge in [0.2, 0.25) is 0 Å². The van der Waals surface area contributed by atoms with Gasteiger partial charge in [-0.2, -0.15) is 5.10 Å². The summed E-state index contributed by atoms with van der Waals surface area (Å²) in [5, 5.41) is 7.14. The normalized spacial score (nSPS) is 10.8. The Kier molecular flexibility index (Phi) is 4.46. The standard InChI is InChI=1S/C18H20N4O2/c1-4-12-10-16(24-15(12)5-2)18(23)20-14-8-6-7-13(9-14)17-19-11-22(3)21-17/h6-11H,4-5H2,1-3H3,(H,20,23). The predicted octanol–water partition coefficient (Wildman–Crippen LogP) is 3.45. The van der Waals surface area contributed by atoms with Gasteiger partial charge in [-0.1, -0.05) is 26.0 Å². The van der Waals surface area contributed by atoms with Crippen molar-refractivity contribution >= 4 is 11.6 Å². The first-order valence-electron chi connectivity index (χ1n) is 7.99. The quantitative estimate of drug-likeness (QED) is 0.780. The summed E-state index contributed by atoms with van der Waals surface area (Å²) in [4.78, 5) is 16.6. The fourth-order valence-electron chi connectivity index (χ4n) is 2.58. The largest absolute Gasteiger partial charge is 0.456 e. The topological polar surface area (TPSA) is 73.0 Å². The van der Waals surface area contributed by atoms with Crippen molar-refractivity contribution in [3.63, 3.8) is 0 Å². The molecule has 3 aromatic rings. The van der Waals surface area contributed by atoms with Crippen LogP contribution in [0.1, 0.15) is 35.7 Å². The van der Waals surface area contributed by atoms with Crippen LogP contribution in [0.4, 0.5) is 5.69 Å². The molecule has 124 valence electrons. The zero-order chi connectivity index (χ0) is 17.1. The SMILES string of the molecule is CCc1cc(C(=O)Nc2cccc(-c3ncn(C)n3)c2)oc1CC. The van der Waals surface area contributed by atoms with Crippen LogP contribution in [0.3, 0.4) is 0 Å². The molecular formula is C18H20N4O2. The van der Waals surface area contributed by atoms with E-state index in [1.807, 2.05) is 44.3 Å². The minimum absolute atomic E-state index is 0.254. The van der Waals surface area contributed by atoms with Crippen molar-refractivity contribution in [2.24, 2.45) is 7.05 Å². The van der Waals surface area contributed by atoms with Crippen molar-refractivity contribution in [1.29, 1.82) is 0 Å². The third kappa shape index (κ3) is 3.22. The summed E-state index contributed by atoms with van der Waals surface area (Å²) in [5.41, 5.74) is 2.60. The average molecular weight is 324 g/mol. The molecule has 0 fully saturated rings. The van der Waals surface area contributed by atoms with Crippen molar-refractivity contribution in [3.8, 4) is 11.4 Å². The summed E-state index contributed by atoms with van der Waals surface area (Å²) < 4.78 is 7.31. The van der Waals surface area contributed by atoms with E-state index in [2.05, 4.69) is 22.3 Å². The van der Waals surface area contributed by atoms with Crippen LogP contribution in [0.15, 0.2) is 41.1 Å². The van der Waals surface area contributed by atoms with Crippen LogP contribution in [-0.2, 0) is 19.9 Å². The van der Waals surface area contributed by atoms with Crippen LogP contribution < -0.4 is 5.32 Å². The zero-order valence-electron chi connectivity index (χ0n) is 14.0. The molecule has 0 saturated carbocycles. The highest BCUT2D eigenvalue weighted by atomic mass is 16.4. The van der Waals surface area contributed by atoms with E-state index >= 15 is 0 Å². The predicted molar refractivity (Wildman–Crippen MR) is 91.9 cm³/mol. The molecule has 0 aliphatic carbocycles. The fraction of sp³-hybridized carbons (Fsp3) is 0.278. The maximum atomic E-state index is 12.4. The first-order valence-corrected chi connectivity index (χ1v) is 7.99. The molecule has 0 saturated heterocycles. The van der Waals surface area contributed by atoms with E-state index < -0.39 is 0 Å². The molecule has 1 N–H and O–H groups in total. The minimum Gasteiger partial charge on any atom is -0.456 e. The molecule has 0 aliphatic rings. The molecule has 1 aromatic carbocycles. The average Bonchev–Trinajstić information content (AvgIpc) is 3.21. The Morgan fingerprint density at radius 1 is 1.25 bits per heavy atom. The van der Waals surface area contributed by atoms with Crippen molar-refractivity contribution in [2.45, 2.75) is 26.7 Å². The highest BCUT2D eigenvalue weighted by Gasteiger charge is 2.15. The molecule has 6 nitrogen and oxygen atoms in total. The van der Waals surface area contributed by atoms with Crippen molar-refractivity contribution in [3.05, 3.63) is 53.7 Å². The van der Waals surface area contributed by atoms with Crippen molar-refractivity contribution in [2.75, 3.05) is 5.32 Å². The molecule has 6 heteroatoms. The van der Waals surface area contributed by atoms with Crippen molar-refractivity contribution in [1.82, 2.24) is 14.8 Å². The molecule has 0 atom stereocenters. The lowest BCUT2D eigenvalue weighted by Crippen LogP contribution is -2.10. The van der Waals surface area contributed by atoms with Gasteiger partial charge in [0.1, 0.15) is 12.1 Å². The number of benzene rings is 1. The number of carbonyl (C=O) groups is 1. The van der Waals surface area contributed by atoms with E-state index in [4.69, 9.17) is 4.42 Å². The number of hydrogen-bond donors (Lipinski definition) is 1. The van der Waals surface area contributed by atoms with Crippen LogP contribution in [-0.4, -0.2) is 20.7 Å². The molecule has 24 heavy (non-hydrogen) atoms. The number of nitrogens with zero attached hydrogens (tertiary/aromatic N) is 3. The third-order valence-electron chi connectivity index (χ3n) is 3.80. The Labute approximate surface area is 140 Å². The second-order valence-electron chi connectivity index (χ2n) is 5.54. The molecule has 0 bridgehead atoms. The summed E-state index contributed by atoms with van der Waals surface area (Å²) >= 11 is 0. The lowest BCUT2D eigenvalue weighted by Gasteiger charge is -2.04. The number of amides is 1. The van der Waals surface area contributed by atoms with E-state index in [0.717, 1.165) is 29.7 Å². The number of furan rings is 1. The Morgan fingerprint density at radius 3 is 2.71 bits per heavy atom. The third-order valence-corrected chi connectivity index (χ3v) is 3.80. The molecule has 0 unspecified atom stereocenters. The number of aromatic nitrogens is 3. The van der Waals surface area contributed by atoms with E-state index in [-0.39, 0.29) is 5.91 Å². The summed E-state index contributed by atoms with van der Waals surface area (Å²) in [7, 11) is 1.82. The summed E-state index contributed by atoms with van der Waals surface area (Å²) in [6.07, 6.45) is 3.26. The highest BCUT2D eigenvalue weighted by molar-refractivity contribution is 6.02. The van der Waals surface area contributed by atoms with Gasteiger partial charge in [0.05, 0.1) is 0 Å². The Bertz CT molecular complexity index is 842. The van der Waals surface area contributed by atoms with Gasteiger partial charge >= 0.3 is 0 Å². The van der Waals surface area contributed by atoms with E-state index in [1.165, 1.54) is 0 Å². The smallest absolute Gasteiger partial charge is 0.291 e. The molecule has 2 aromatic heterocycles. The van der Waals surface area contributed by atoms with Crippen LogP contribution in [0.5, 0.6) is 0 Å². The van der Waals surface area contributed by atoms with Gasteiger partial charge in [0.15, 0.2) is 11.6 Å². The Hall–Kier alpha value is -2.89. The number of rotatable bonds is 5. The fourth-order valence-corrected chi connectivity index (χ4v) is 2.58. The maximum Gasteiger partial charge on any atom is 0.291 e. The summed E-state index contributed by atoms with van der Waals surface area (Å²) in [5.74, 6) is 1.57. The van der Waals surface area contributed by atoms with Gasteiger partial charge in [-0.05, 0) is 30.2 Å². The van der Waals surface area contributed by atoms with Crippen molar-refractivity contribution < 1.29 is 9.21 Å². The van der Waals surface area contributed by atoms with Gasteiger partial charge in [0, 0.05) is 24.7 Å². The number of carbonyl (C=O) groups excluding carboxylic acids is 1. The van der Waals surface area contributed by atoms with Crippen LogP contribution >= 0.6 is 0 Å². The number of anilines is 1. The Morgan fingerprint density at radius 2 is 2.08 bits per heavy atom. The van der Waals surface area contributed by atoms with Crippen LogP contribution in [0, 0.1) is 0 Å². The Balaban J connectivity index is 1.81. The molecule has 1 amide bonds. The zero-order valence-corrected chi connectivity index (χ0v) is 14.0. The van der Waals surface area contributed by atoms with Gasteiger partial charge < -0.3 is 9.73 Å². The number of nitrogens with one attached hydrogen (secondary N) is 1. The first kappa shape index (κ1) is 16.0. The van der Waals surface area contributed by atoms with Gasteiger partial charge in [-0.15, -0.1) is 0 Å². The summed E-state index contributed by atoms with van der Waals surface area (Å²) in [6, 6.07) is 9.26. The molecule has 0 aliphatic heterocycles. The number of hydrogen-bond acceptors (Lipinski definition) is 4. The van der Waals surface area contributed by atoms with E-state index in [1.54, 1.807) is 11.0 Å². The molecular weight excluding hydrogens is 304 g/mol. The second-order valence-corrected chi connectivity index (χ2v) is 5.54. The monoisotopic (exact) mass is 324 g/mol. The minimum atomic E-state index is -0.254. The molecule has 2 heterocycles. The van der Waals surface area contributed by atoms with Gasteiger partial charge in [0.25, 0.3) is 5.91 Å². The molecule has 3 rings (SSSR count). The number of aryl methyl sites for hydroxylation is 3. The lowest BCUT2D eigenvalue weighted by molar-refractivity contribution is 0.0995. The molecule has 0 spiro atoms.